The van der Waals surface area contributed by atoms with Crippen LogP contribution in [0, 0.1) is 6.92 Å². The van der Waals surface area contributed by atoms with E-state index in [1.807, 2.05) is 30.3 Å². The van der Waals surface area contributed by atoms with Crippen LogP contribution in [0.5, 0.6) is 11.5 Å². The Hall–Kier alpha value is -3.81. The topological polar surface area (TPSA) is 98.0 Å². The van der Waals surface area contributed by atoms with Gasteiger partial charge >= 0.3 is 6.16 Å². The van der Waals surface area contributed by atoms with Crippen molar-refractivity contribution in [3.8, 4) is 11.5 Å². The number of nitrogens with zero attached hydrogens (tertiary/aromatic N) is 3. The monoisotopic (exact) mass is 364 g/mol. The molecule has 8 nitrogen and oxygen atoms in total. The zero-order valence-corrected chi connectivity index (χ0v) is 14.6. The van der Waals surface area contributed by atoms with E-state index in [0.717, 1.165) is 10.8 Å². The Kier molecular flexibility index (Phi) is 4.00. The Morgan fingerprint density at radius 2 is 2.07 bits per heavy atom. The highest BCUT2D eigenvalue weighted by Crippen LogP contribution is 2.33. The summed E-state index contributed by atoms with van der Waals surface area (Å²) in [5.41, 5.74) is 1.99. The van der Waals surface area contributed by atoms with Crippen LogP contribution < -0.4 is 10.1 Å². The molecule has 0 radical (unpaired) electrons. The highest BCUT2D eigenvalue weighted by Gasteiger charge is 2.17. The van der Waals surface area contributed by atoms with Gasteiger partial charge in [-0.25, -0.2) is 14.3 Å². The van der Waals surface area contributed by atoms with Gasteiger partial charge in [-0.2, -0.15) is 5.10 Å². The SMILES string of the molecule is COC(=O)Oc1cn2ncnc(Nc3cc(O)c4ccccc4c3)c2c1C. The molecule has 0 spiro atoms. The van der Waals surface area contributed by atoms with Crippen molar-refractivity contribution in [2.75, 3.05) is 12.4 Å². The minimum Gasteiger partial charge on any atom is -0.507 e. The zero-order valence-electron chi connectivity index (χ0n) is 14.6. The number of fused-ring (bicyclic) bond motifs is 2. The number of nitrogens with one attached hydrogen (secondary N) is 1. The van der Waals surface area contributed by atoms with Gasteiger partial charge in [-0.05, 0) is 18.4 Å². The van der Waals surface area contributed by atoms with E-state index in [1.165, 1.54) is 13.4 Å². The number of phenolic OH excluding ortho intramolecular Hbond substituents is 1. The van der Waals surface area contributed by atoms with E-state index in [-0.39, 0.29) is 5.75 Å². The lowest BCUT2D eigenvalue weighted by molar-refractivity contribution is 0.121. The number of aromatic hydroxyl groups is 1. The zero-order chi connectivity index (χ0) is 19.0. The van der Waals surface area contributed by atoms with Crippen molar-refractivity contribution in [2.45, 2.75) is 6.92 Å². The molecule has 0 amide bonds. The minimum atomic E-state index is -0.809. The third-order valence-electron chi connectivity index (χ3n) is 4.24. The second kappa shape index (κ2) is 6.49. The van der Waals surface area contributed by atoms with Crippen molar-refractivity contribution in [3.05, 3.63) is 54.5 Å². The van der Waals surface area contributed by atoms with E-state index in [4.69, 9.17) is 4.74 Å². The predicted octanol–water partition coefficient (Wildman–Crippen LogP) is 3.79. The molecule has 2 aromatic carbocycles. The molecule has 4 rings (SSSR count). The number of hydrogen-bond donors (Lipinski definition) is 2. The summed E-state index contributed by atoms with van der Waals surface area (Å²) in [6.45, 7) is 1.79. The quantitative estimate of drug-likeness (QED) is 0.534. The van der Waals surface area contributed by atoms with Crippen molar-refractivity contribution in [1.82, 2.24) is 14.6 Å². The molecular formula is C19H16N4O4. The van der Waals surface area contributed by atoms with Crippen molar-refractivity contribution in [3.63, 3.8) is 0 Å². The van der Waals surface area contributed by atoms with Gasteiger partial charge < -0.3 is 19.9 Å². The van der Waals surface area contributed by atoms with Gasteiger partial charge in [0, 0.05) is 22.7 Å². The van der Waals surface area contributed by atoms with Crippen molar-refractivity contribution >= 4 is 33.9 Å². The molecule has 0 atom stereocenters. The average Bonchev–Trinajstić information content (AvgIpc) is 2.98. The molecule has 0 fully saturated rings. The molecule has 0 aliphatic heterocycles. The van der Waals surface area contributed by atoms with Crippen molar-refractivity contribution in [2.24, 2.45) is 0 Å². The molecule has 136 valence electrons. The molecule has 0 aliphatic rings. The number of carbonyl (C=O) groups excluding carboxylic acids is 1. The number of anilines is 2. The maximum Gasteiger partial charge on any atom is 0.513 e. The van der Waals surface area contributed by atoms with Crippen LogP contribution in [0.1, 0.15) is 5.56 Å². The van der Waals surface area contributed by atoms with Gasteiger partial charge in [0.15, 0.2) is 11.6 Å². The van der Waals surface area contributed by atoms with Crippen LogP contribution in [0.4, 0.5) is 16.3 Å². The maximum absolute atomic E-state index is 11.4. The van der Waals surface area contributed by atoms with Gasteiger partial charge in [-0.3, -0.25) is 0 Å². The molecular weight excluding hydrogens is 348 g/mol. The van der Waals surface area contributed by atoms with Gasteiger partial charge in [0.1, 0.15) is 17.6 Å². The normalized spacial score (nSPS) is 10.9. The van der Waals surface area contributed by atoms with Gasteiger partial charge in [0.2, 0.25) is 0 Å². The number of aryl methyl sites for hydroxylation is 1. The lowest BCUT2D eigenvalue weighted by Crippen LogP contribution is -2.07. The number of aromatic nitrogens is 3. The summed E-state index contributed by atoms with van der Waals surface area (Å²) < 4.78 is 11.2. The average molecular weight is 364 g/mol. The molecule has 0 saturated carbocycles. The summed E-state index contributed by atoms with van der Waals surface area (Å²) in [6, 6.07) is 11.1. The number of benzene rings is 2. The molecule has 0 aliphatic carbocycles. The molecule has 0 bridgehead atoms. The lowest BCUT2D eigenvalue weighted by Gasteiger charge is -2.10. The molecule has 8 heteroatoms. The second-order valence-electron chi connectivity index (χ2n) is 5.92. The van der Waals surface area contributed by atoms with Gasteiger partial charge in [0.05, 0.1) is 13.3 Å². The number of hydrogen-bond acceptors (Lipinski definition) is 7. The second-order valence-corrected chi connectivity index (χ2v) is 5.92. The lowest BCUT2D eigenvalue weighted by atomic mass is 10.1. The summed E-state index contributed by atoms with van der Waals surface area (Å²) in [6.07, 6.45) is 2.15. The van der Waals surface area contributed by atoms with Crippen LogP contribution in [0.2, 0.25) is 0 Å². The third-order valence-corrected chi connectivity index (χ3v) is 4.24. The fourth-order valence-electron chi connectivity index (χ4n) is 2.96. The van der Waals surface area contributed by atoms with Gasteiger partial charge in [0.25, 0.3) is 0 Å². The summed E-state index contributed by atoms with van der Waals surface area (Å²) in [7, 11) is 1.24. The van der Waals surface area contributed by atoms with E-state index in [9.17, 15) is 9.90 Å². The summed E-state index contributed by atoms with van der Waals surface area (Å²) >= 11 is 0. The van der Waals surface area contributed by atoms with Gasteiger partial charge in [-0.1, -0.05) is 24.3 Å². The Balaban J connectivity index is 1.77. The van der Waals surface area contributed by atoms with E-state index in [0.29, 0.717) is 28.3 Å². The molecule has 2 heterocycles. The van der Waals surface area contributed by atoms with Crippen LogP contribution in [0.15, 0.2) is 48.9 Å². The summed E-state index contributed by atoms with van der Waals surface area (Å²) in [5, 5.41) is 19.3. The van der Waals surface area contributed by atoms with E-state index < -0.39 is 6.16 Å². The Bertz CT molecular complexity index is 1170. The Morgan fingerprint density at radius 3 is 2.89 bits per heavy atom. The summed E-state index contributed by atoms with van der Waals surface area (Å²) in [5.74, 6) is 1.01. The predicted molar refractivity (Wildman–Crippen MR) is 99.7 cm³/mol. The van der Waals surface area contributed by atoms with Gasteiger partial charge in [-0.15, -0.1) is 0 Å². The van der Waals surface area contributed by atoms with Crippen molar-refractivity contribution in [1.29, 1.82) is 0 Å². The maximum atomic E-state index is 11.4. The fourth-order valence-corrected chi connectivity index (χ4v) is 2.96. The first-order valence-electron chi connectivity index (χ1n) is 8.14. The van der Waals surface area contributed by atoms with Crippen LogP contribution in [-0.2, 0) is 4.74 Å². The fraction of sp³-hybridized carbons (Fsp3) is 0.105. The first-order valence-corrected chi connectivity index (χ1v) is 8.14. The number of carbonyl (C=O) groups is 1. The smallest absolute Gasteiger partial charge is 0.507 e. The minimum absolute atomic E-state index is 0.169. The molecule has 2 aromatic heterocycles. The van der Waals surface area contributed by atoms with E-state index >= 15 is 0 Å². The summed E-state index contributed by atoms with van der Waals surface area (Å²) in [4.78, 5) is 15.7. The molecule has 4 aromatic rings. The van der Waals surface area contributed by atoms with Crippen molar-refractivity contribution < 1.29 is 19.4 Å². The third kappa shape index (κ3) is 2.97. The van der Waals surface area contributed by atoms with Crippen LogP contribution in [0.25, 0.3) is 16.3 Å². The first kappa shape index (κ1) is 16.6. The van der Waals surface area contributed by atoms with E-state index in [1.54, 1.807) is 23.7 Å². The molecule has 27 heavy (non-hydrogen) atoms. The molecule has 2 N–H and O–H groups in total. The Morgan fingerprint density at radius 1 is 1.26 bits per heavy atom. The number of ether oxygens (including phenoxy) is 2. The van der Waals surface area contributed by atoms with Crippen LogP contribution in [-0.4, -0.2) is 33.0 Å². The largest absolute Gasteiger partial charge is 0.513 e. The highest BCUT2D eigenvalue weighted by atomic mass is 16.7. The number of phenols is 1. The van der Waals surface area contributed by atoms with Crippen LogP contribution >= 0.6 is 0 Å². The number of rotatable bonds is 3. The van der Waals surface area contributed by atoms with E-state index in [2.05, 4.69) is 20.1 Å². The standard InChI is InChI=1S/C19H16N4O4/c1-11-16(27-19(25)26-2)9-23-17(11)18(20-10-21-23)22-13-7-12-5-3-4-6-14(12)15(24)8-13/h3-10,24H,1-2H3,(H,20,21,22). The number of methoxy groups -OCH3 is 1. The highest BCUT2D eigenvalue weighted by molar-refractivity contribution is 5.92. The van der Waals surface area contributed by atoms with Crippen LogP contribution in [0.3, 0.4) is 0 Å². The molecule has 0 saturated heterocycles. The first-order chi connectivity index (χ1) is 13.1. The Labute approximate surface area is 154 Å². The molecule has 0 unspecified atom stereocenters.